The molecule has 2 bridgehead atoms. The second-order valence-corrected chi connectivity index (χ2v) is 9.61. The molecule has 3 heterocycles. The van der Waals surface area contributed by atoms with Crippen LogP contribution in [0.1, 0.15) is 37.7 Å². The van der Waals surface area contributed by atoms with Gasteiger partial charge in [0.15, 0.2) is 0 Å². The summed E-state index contributed by atoms with van der Waals surface area (Å²) < 4.78 is 5.38. The average molecular weight is 429 g/mol. The normalized spacial score (nSPS) is 27.2. The summed E-state index contributed by atoms with van der Waals surface area (Å²) in [4.78, 5) is 17.3. The molecule has 1 amide bonds. The second-order valence-electron chi connectivity index (χ2n) is 9.61. The van der Waals surface area contributed by atoms with E-state index in [4.69, 9.17) is 4.74 Å². The van der Waals surface area contributed by atoms with Crippen LogP contribution in [-0.4, -0.2) is 80.8 Å². The van der Waals surface area contributed by atoms with Crippen molar-refractivity contribution in [3.63, 3.8) is 0 Å². The van der Waals surface area contributed by atoms with Crippen LogP contribution >= 0.6 is 0 Å². The van der Waals surface area contributed by atoms with Crippen molar-refractivity contribution < 1.29 is 9.53 Å². The van der Waals surface area contributed by atoms with Crippen molar-refractivity contribution in [3.8, 4) is 0 Å². The third-order valence-electron chi connectivity index (χ3n) is 7.13. The van der Waals surface area contributed by atoms with Crippen molar-refractivity contribution >= 4 is 5.91 Å². The van der Waals surface area contributed by atoms with E-state index < -0.39 is 0 Å². The smallest absolute Gasteiger partial charge is 0.219 e. The molecule has 172 valence electrons. The van der Waals surface area contributed by atoms with Gasteiger partial charge in [-0.05, 0) is 56.2 Å². The van der Waals surface area contributed by atoms with Crippen LogP contribution in [0.3, 0.4) is 0 Å². The van der Waals surface area contributed by atoms with Gasteiger partial charge in [0.1, 0.15) is 0 Å². The van der Waals surface area contributed by atoms with Crippen LogP contribution in [-0.2, 0) is 16.1 Å². The van der Waals surface area contributed by atoms with Gasteiger partial charge in [-0.1, -0.05) is 30.3 Å². The molecule has 6 nitrogen and oxygen atoms in total. The zero-order chi connectivity index (χ0) is 21.3. The van der Waals surface area contributed by atoms with Gasteiger partial charge in [-0.2, -0.15) is 0 Å². The Hall–Kier alpha value is -1.47. The molecule has 1 aromatic rings. The van der Waals surface area contributed by atoms with E-state index in [0.29, 0.717) is 18.4 Å². The molecule has 3 fully saturated rings. The van der Waals surface area contributed by atoms with Gasteiger partial charge in [-0.3, -0.25) is 14.6 Å². The lowest BCUT2D eigenvalue weighted by molar-refractivity contribution is -0.121. The highest BCUT2D eigenvalue weighted by molar-refractivity contribution is 5.75. The molecule has 3 aliphatic rings. The molecule has 0 aromatic heterocycles. The minimum Gasteiger partial charge on any atom is -0.379 e. The Balaban J connectivity index is 1.11. The number of fused-ring (bicyclic) bond motifs is 2. The van der Waals surface area contributed by atoms with Gasteiger partial charge < -0.3 is 15.4 Å². The molecule has 2 N–H and O–H groups in total. The number of hydrogen-bond donors (Lipinski definition) is 2. The summed E-state index contributed by atoms with van der Waals surface area (Å²) in [6.45, 7) is 10.1. The van der Waals surface area contributed by atoms with Crippen LogP contribution in [0.2, 0.25) is 0 Å². The van der Waals surface area contributed by atoms with Crippen LogP contribution in [0.25, 0.3) is 0 Å². The molecule has 0 saturated carbocycles. The second kappa shape index (κ2) is 12.0. The van der Waals surface area contributed by atoms with Crippen molar-refractivity contribution in [1.82, 2.24) is 20.4 Å². The molecule has 1 unspecified atom stereocenters. The van der Waals surface area contributed by atoms with E-state index in [1.54, 1.807) is 0 Å². The first-order valence-electron chi connectivity index (χ1n) is 12.3. The van der Waals surface area contributed by atoms with E-state index in [-0.39, 0.29) is 5.91 Å². The molecule has 3 aliphatic heterocycles. The van der Waals surface area contributed by atoms with E-state index in [1.165, 1.54) is 25.1 Å². The monoisotopic (exact) mass is 428 g/mol. The van der Waals surface area contributed by atoms with Gasteiger partial charge in [0.25, 0.3) is 0 Å². The van der Waals surface area contributed by atoms with Crippen LogP contribution in [0, 0.1) is 11.8 Å². The highest BCUT2D eigenvalue weighted by atomic mass is 16.5. The SMILES string of the molecule is O=C(CCC[C@H]1NC[C@@H]2CC1CN(Cc1ccccc1)C2)NCCCN1CCOCC1. The first kappa shape index (κ1) is 22.7. The number of nitrogens with one attached hydrogen (secondary N) is 2. The zero-order valence-electron chi connectivity index (χ0n) is 18.9. The third-order valence-corrected chi connectivity index (χ3v) is 7.13. The molecule has 0 aliphatic carbocycles. The first-order chi connectivity index (χ1) is 15.3. The van der Waals surface area contributed by atoms with Gasteiger partial charge in [0.2, 0.25) is 5.91 Å². The van der Waals surface area contributed by atoms with E-state index in [1.807, 2.05) is 0 Å². The van der Waals surface area contributed by atoms with Gasteiger partial charge in [0, 0.05) is 51.7 Å². The number of ether oxygens (including phenoxy) is 1. The molecule has 3 atom stereocenters. The largest absolute Gasteiger partial charge is 0.379 e. The lowest BCUT2D eigenvalue weighted by Gasteiger charge is -2.46. The van der Waals surface area contributed by atoms with Crippen molar-refractivity contribution in [2.75, 3.05) is 59.0 Å². The van der Waals surface area contributed by atoms with E-state index in [2.05, 4.69) is 50.8 Å². The maximum absolute atomic E-state index is 12.2. The number of carbonyl (C=O) groups excluding carboxylic acids is 1. The van der Waals surface area contributed by atoms with Crippen molar-refractivity contribution in [1.29, 1.82) is 0 Å². The number of benzene rings is 1. The standard InChI is InChI=1S/C25H40N4O2/c30-25(26-10-5-11-28-12-14-31-15-13-28)9-4-8-24-23-16-22(17-27-24)19-29(20-23)18-21-6-2-1-3-7-21/h1-3,6-7,22-24,27H,4-5,8-20H2,(H,26,30)/t22-,23?,24+/m0/s1. The number of morpholine rings is 1. The molecule has 4 rings (SSSR count). The average Bonchev–Trinajstić information content (AvgIpc) is 2.80. The number of nitrogens with zero attached hydrogens (tertiary/aromatic N) is 2. The molecule has 6 heteroatoms. The summed E-state index contributed by atoms with van der Waals surface area (Å²) >= 11 is 0. The predicted molar refractivity (Wildman–Crippen MR) is 124 cm³/mol. The lowest BCUT2D eigenvalue weighted by Crippen LogP contribution is -2.55. The Bertz CT molecular complexity index is 665. The fourth-order valence-electron chi connectivity index (χ4n) is 5.51. The Morgan fingerprint density at radius 2 is 1.94 bits per heavy atom. The van der Waals surface area contributed by atoms with Crippen LogP contribution in [0.4, 0.5) is 0 Å². The third kappa shape index (κ3) is 7.28. The summed E-state index contributed by atoms with van der Waals surface area (Å²) in [5.41, 5.74) is 1.41. The Kier molecular flexibility index (Phi) is 8.76. The van der Waals surface area contributed by atoms with Gasteiger partial charge >= 0.3 is 0 Å². The van der Waals surface area contributed by atoms with Crippen LogP contribution < -0.4 is 10.6 Å². The fourth-order valence-corrected chi connectivity index (χ4v) is 5.51. The number of likely N-dealkylation sites (tertiary alicyclic amines) is 1. The number of carbonyl (C=O) groups is 1. The minimum absolute atomic E-state index is 0.213. The number of amides is 1. The fraction of sp³-hybridized carbons (Fsp3) is 0.720. The van der Waals surface area contributed by atoms with E-state index >= 15 is 0 Å². The Labute approximate surface area is 187 Å². The molecule has 1 aromatic carbocycles. The summed E-state index contributed by atoms with van der Waals surface area (Å²) in [7, 11) is 0. The molecule has 31 heavy (non-hydrogen) atoms. The maximum Gasteiger partial charge on any atom is 0.219 e. The van der Waals surface area contributed by atoms with E-state index in [9.17, 15) is 4.79 Å². The highest BCUT2D eigenvalue weighted by Gasteiger charge is 2.36. The lowest BCUT2D eigenvalue weighted by atomic mass is 9.79. The molecule has 3 saturated heterocycles. The number of piperidine rings is 2. The number of rotatable bonds is 10. The Morgan fingerprint density at radius 1 is 1.10 bits per heavy atom. The Morgan fingerprint density at radius 3 is 2.77 bits per heavy atom. The molecule has 0 radical (unpaired) electrons. The van der Waals surface area contributed by atoms with Gasteiger partial charge in [-0.15, -0.1) is 0 Å². The quantitative estimate of drug-likeness (QED) is 0.559. The van der Waals surface area contributed by atoms with Gasteiger partial charge in [0.05, 0.1) is 13.2 Å². The summed E-state index contributed by atoms with van der Waals surface area (Å²) in [6, 6.07) is 11.4. The first-order valence-corrected chi connectivity index (χ1v) is 12.3. The van der Waals surface area contributed by atoms with Crippen molar-refractivity contribution in [3.05, 3.63) is 35.9 Å². The van der Waals surface area contributed by atoms with E-state index in [0.717, 1.165) is 77.7 Å². The summed E-state index contributed by atoms with van der Waals surface area (Å²) in [5, 5.41) is 6.91. The van der Waals surface area contributed by atoms with Crippen LogP contribution in [0.5, 0.6) is 0 Å². The molecular weight excluding hydrogens is 388 g/mol. The topological polar surface area (TPSA) is 56.8 Å². The molecular formula is C25H40N4O2. The van der Waals surface area contributed by atoms with Crippen molar-refractivity contribution in [2.45, 2.75) is 44.7 Å². The summed E-state index contributed by atoms with van der Waals surface area (Å²) in [6.07, 6.45) is 5.11. The minimum atomic E-state index is 0.213. The summed E-state index contributed by atoms with van der Waals surface area (Å²) in [5.74, 6) is 1.70. The number of hydrogen-bond acceptors (Lipinski definition) is 5. The molecule has 0 spiro atoms. The van der Waals surface area contributed by atoms with Crippen molar-refractivity contribution in [2.24, 2.45) is 11.8 Å². The highest BCUT2D eigenvalue weighted by Crippen LogP contribution is 2.31. The zero-order valence-corrected chi connectivity index (χ0v) is 18.9. The van der Waals surface area contributed by atoms with Gasteiger partial charge in [-0.25, -0.2) is 0 Å². The predicted octanol–water partition coefficient (Wildman–Crippen LogP) is 2.11. The van der Waals surface area contributed by atoms with Crippen LogP contribution in [0.15, 0.2) is 30.3 Å². The maximum atomic E-state index is 12.2.